The van der Waals surface area contributed by atoms with Crippen LogP contribution in [0.5, 0.6) is 5.75 Å². The van der Waals surface area contributed by atoms with Gasteiger partial charge in [-0.25, -0.2) is 0 Å². The van der Waals surface area contributed by atoms with E-state index >= 15 is 0 Å². The summed E-state index contributed by atoms with van der Waals surface area (Å²) in [5.74, 6) is 0.905. The van der Waals surface area contributed by atoms with Crippen molar-refractivity contribution in [3.8, 4) is 5.75 Å². The Balaban J connectivity index is 2.75. The van der Waals surface area contributed by atoms with Gasteiger partial charge in [-0.3, -0.25) is 0 Å². The number of benzene rings is 1. The smallest absolute Gasteiger partial charge is 0.132 e. The Morgan fingerprint density at radius 2 is 2.20 bits per heavy atom. The molecule has 1 heteroatoms. The number of rotatable bonds is 2. The molecular formula is C9H11O. The minimum Gasteiger partial charge on any atom is -0.487 e. The highest BCUT2D eigenvalue weighted by Crippen LogP contribution is 2.12. The van der Waals surface area contributed by atoms with Crippen LogP contribution in [0, 0.1) is 13.5 Å². The van der Waals surface area contributed by atoms with Crippen molar-refractivity contribution in [3.05, 3.63) is 36.4 Å². The average Bonchev–Trinajstić information content (AvgIpc) is 1.88. The lowest BCUT2D eigenvalue weighted by atomic mass is 10.2. The first-order valence-corrected chi connectivity index (χ1v) is 3.34. The van der Waals surface area contributed by atoms with Crippen LogP contribution in [0.15, 0.2) is 24.3 Å². The van der Waals surface area contributed by atoms with Gasteiger partial charge in [0.2, 0.25) is 0 Å². The average molecular weight is 135 g/mol. The molecule has 0 saturated heterocycles. The fourth-order valence-electron chi connectivity index (χ4n) is 0.825. The lowest BCUT2D eigenvalue weighted by Gasteiger charge is -2.01. The zero-order valence-corrected chi connectivity index (χ0v) is 6.29. The number of hydrogen-bond donors (Lipinski definition) is 0. The van der Waals surface area contributed by atoms with E-state index in [1.807, 2.05) is 38.1 Å². The van der Waals surface area contributed by atoms with E-state index in [9.17, 15) is 0 Å². The quantitative estimate of drug-likeness (QED) is 0.605. The molecule has 1 rings (SSSR count). The normalized spacial score (nSPS) is 9.40. The minimum absolute atomic E-state index is 0.905. The molecular weight excluding hydrogens is 124 g/mol. The van der Waals surface area contributed by atoms with Gasteiger partial charge in [-0.05, 0) is 31.5 Å². The van der Waals surface area contributed by atoms with Crippen molar-refractivity contribution in [2.75, 3.05) is 0 Å². The molecule has 0 fully saturated rings. The van der Waals surface area contributed by atoms with Crippen LogP contribution in [-0.4, -0.2) is 0 Å². The summed E-state index contributed by atoms with van der Waals surface area (Å²) in [5, 5.41) is 0. The zero-order chi connectivity index (χ0) is 7.40. The first-order chi connectivity index (χ1) is 4.83. The van der Waals surface area contributed by atoms with E-state index in [2.05, 4.69) is 0 Å². The van der Waals surface area contributed by atoms with E-state index in [1.165, 1.54) is 5.56 Å². The summed E-state index contributed by atoms with van der Waals surface area (Å²) >= 11 is 0. The Morgan fingerprint density at radius 1 is 1.40 bits per heavy atom. The van der Waals surface area contributed by atoms with Crippen LogP contribution < -0.4 is 4.74 Å². The van der Waals surface area contributed by atoms with Gasteiger partial charge in [0.25, 0.3) is 0 Å². The maximum atomic E-state index is 5.16. The van der Waals surface area contributed by atoms with Gasteiger partial charge in [0.1, 0.15) is 12.4 Å². The van der Waals surface area contributed by atoms with Gasteiger partial charge in [0, 0.05) is 0 Å². The second-order valence-electron chi connectivity index (χ2n) is 2.17. The molecule has 0 aliphatic carbocycles. The van der Waals surface area contributed by atoms with Crippen molar-refractivity contribution in [1.82, 2.24) is 0 Å². The Bertz CT molecular complexity index is 206. The van der Waals surface area contributed by atoms with Gasteiger partial charge in [-0.15, -0.1) is 0 Å². The largest absolute Gasteiger partial charge is 0.487 e. The second kappa shape index (κ2) is 3.25. The van der Waals surface area contributed by atoms with Gasteiger partial charge in [-0.1, -0.05) is 12.1 Å². The Hall–Kier alpha value is -0.980. The van der Waals surface area contributed by atoms with Crippen LogP contribution in [0.2, 0.25) is 0 Å². The predicted octanol–water partition coefficient (Wildman–Crippen LogP) is 2.56. The van der Waals surface area contributed by atoms with Crippen LogP contribution in [0.1, 0.15) is 12.5 Å². The highest BCUT2D eigenvalue weighted by Gasteiger charge is 1.89. The molecule has 0 aliphatic rings. The van der Waals surface area contributed by atoms with Crippen molar-refractivity contribution in [1.29, 1.82) is 0 Å². The predicted molar refractivity (Wildman–Crippen MR) is 41.8 cm³/mol. The fraction of sp³-hybridized carbons (Fsp3) is 0.222. The SMILES string of the molecule is C[CH]Oc1cccc(C)c1. The van der Waals surface area contributed by atoms with E-state index in [-0.39, 0.29) is 0 Å². The molecule has 10 heavy (non-hydrogen) atoms. The van der Waals surface area contributed by atoms with Crippen molar-refractivity contribution < 1.29 is 4.74 Å². The lowest BCUT2D eigenvalue weighted by Crippen LogP contribution is -1.84. The van der Waals surface area contributed by atoms with Gasteiger partial charge >= 0.3 is 0 Å². The lowest BCUT2D eigenvalue weighted by molar-refractivity contribution is 0.416. The van der Waals surface area contributed by atoms with Gasteiger partial charge < -0.3 is 4.74 Å². The maximum Gasteiger partial charge on any atom is 0.132 e. The molecule has 0 heterocycles. The van der Waals surface area contributed by atoms with Crippen molar-refractivity contribution in [2.45, 2.75) is 13.8 Å². The molecule has 0 amide bonds. The topological polar surface area (TPSA) is 9.23 Å². The summed E-state index contributed by atoms with van der Waals surface area (Å²) < 4.78 is 5.16. The molecule has 1 nitrogen and oxygen atoms in total. The number of aryl methyl sites for hydroxylation is 1. The molecule has 0 aromatic heterocycles. The summed E-state index contributed by atoms with van der Waals surface area (Å²) in [5.41, 5.74) is 1.22. The van der Waals surface area contributed by atoms with Crippen LogP contribution in [0.3, 0.4) is 0 Å². The molecule has 1 radical (unpaired) electrons. The molecule has 0 N–H and O–H groups in total. The molecule has 1 aromatic rings. The summed E-state index contributed by atoms with van der Waals surface area (Å²) in [7, 11) is 0. The van der Waals surface area contributed by atoms with E-state index < -0.39 is 0 Å². The summed E-state index contributed by atoms with van der Waals surface area (Å²) in [6.45, 7) is 5.58. The van der Waals surface area contributed by atoms with Crippen molar-refractivity contribution in [2.24, 2.45) is 0 Å². The molecule has 0 spiro atoms. The third-order valence-electron chi connectivity index (χ3n) is 1.24. The van der Waals surface area contributed by atoms with Crippen LogP contribution in [-0.2, 0) is 0 Å². The third-order valence-corrected chi connectivity index (χ3v) is 1.24. The van der Waals surface area contributed by atoms with Crippen molar-refractivity contribution >= 4 is 0 Å². The molecule has 0 unspecified atom stereocenters. The molecule has 0 saturated carbocycles. The van der Waals surface area contributed by atoms with Crippen LogP contribution >= 0.6 is 0 Å². The van der Waals surface area contributed by atoms with Crippen LogP contribution in [0.25, 0.3) is 0 Å². The molecule has 1 aromatic carbocycles. The maximum absolute atomic E-state index is 5.16. The highest BCUT2D eigenvalue weighted by molar-refractivity contribution is 5.27. The molecule has 0 bridgehead atoms. The zero-order valence-electron chi connectivity index (χ0n) is 6.29. The van der Waals surface area contributed by atoms with E-state index in [0.717, 1.165) is 5.75 Å². The monoisotopic (exact) mass is 135 g/mol. The second-order valence-corrected chi connectivity index (χ2v) is 2.17. The van der Waals surface area contributed by atoms with Crippen LogP contribution in [0.4, 0.5) is 0 Å². The first-order valence-electron chi connectivity index (χ1n) is 3.34. The van der Waals surface area contributed by atoms with Gasteiger partial charge in [0.05, 0.1) is 0 Å². The minimum atomic E-state index is 0.905. The standard InChI is InChI=1S/C9H11O/c1-3-10-9-6-4-5-8(2)7-9/h3-7H,1-2H3. The van der Waals surface area contributed by atoms with Gasteiger partial charge in [-0.2, -0.15) is 0 Å². The summed E-state index contributed by atoms with van der Waals surface area (Å²) in [6.07, 6.45) is 0. The summed E-state index contributed by atoms with van der Waals surface area (Å²) in [6, 6.07) is 7.96. The van der Waals surface area contributed by atoms with E-state index in [4.69, 9.17) is 4.74 Å². The van der Waals surface area contributed by atoms with Gasteiger partial charge in [0.15, 0.2) is 0 Å². The molecule has 0 atom stereocenters. The van der Waals surface area contributed by atoms with E-state index in [1.54, 1.807) is 6.61 Å². The summed E-state index contributed by atoms with van der Waals surface area (Å²) in [4.78, 5) is 0. The van der Waals surface area contributed by atoms with E-state index in [0.29, 0.717) is 0 Å². The highest BCUT2D eigenvalue weighted by atomic mass is 16.5. The Morgan fingerprint density at radius 3 is 2.80 bits per heavy atom. The Labute approximate surface area is 61.6 Å². The molecule has 0 aliphatic heterocycles. The number of ether oxygens (including phenoxy) is 1. The fourth-order valence-corrected chi connectivity index (χ4v) is 0.825. The molecule has 53 valence electrons. The van der Waals surface area contributed by atoms with Crippen molar-refractivity contribution in [3.63, 3.8) is 0 Å². The third kappa shape index (κ3) is 1.76. The Kier molecular flexibility index (Phi) is 2.32. The number of hydrogen-bond acceptors (Lipinski definition) is 1. The first kappa shape index (κ1) is 7.13.